The highest BCUT2D eigenvalue weighted by atomic mass is 16.6. The van der Waals surface area contributed by atoms with Gasteiger partial charge < -0.3 is 4.74 Å². The normalized spacial score (nSPS) is 22.4. The van der Waals surface area contributed by atoms with E-state index in [4.69, 9.17) is 4.74 Å². The molecule has 1 aliphatic rings. The van der Waals surface area contributed by atoms with Crippen LogP contribution in [0.3, 0.4) is 0 Å². The molecular formula is C15H15NO. The molecule has 0 spiro atoms. The Morgan fingerprint density at radius 2 is 1.76 bits per heavy atom. The quantitative estimate of drug-likeness (QED) is 0.747. The monoisotopic (exact) mass is 225 g/mol. The second-order valence-electron chi connectivity index (χ2n) is 4.40. The zero-order valence-corrected chi connectivity index (χ0v) is 9.62. The van der Waals surface area contributed by atoms with E-state index in [-0.39, 0.29) is 0 Å². The number of hydrogen-bond acceptors (Lipinski definition) is 2. The number of nitrogens with zero attached hydrogens (tertiary/aromatic N) is 1. The molecule has 0 bridgehead atoms. The molecule has 86 valence electrons. The minimum absolute atomic E-state index is 0.318. The zero-order chi connectivity index (χ0) is 11.5. The second-order valence-corrected chi connectivity index (χ2v) is 4.40. The third-order valence-corrected chi connectivity index (χ3v) is 3.18. The fourth-order valence-electron chi connectivity index (χ4n) is 2.16. The lowest BCUT2D eigenvalue weighted by molar-refractivity contribution is 0.366. The van der Waals surface area contributed by atoms with Gasteiger partial charge in [0.05, 0.1) is 6.10 Å². The van der Waals surface area contributed by atoms with Crippen molar-refractivity contribution >= 4 is 0 Å². The van der Waals surface area contributed by atoms with E-state index in [2.05, 4.69) is 41.4 Å². The van der Waals surface area contributed by atoms with Gasteiger partial charge in [0.15, 0.2) is 0 Å². The minimum atomic E-state index is 0.318. The van der Waals surface area contributed by atoms with Gasteiger partial charge in [-0.1, -0.05) is 30.3 Å². The van der Waals surface area contributed by atoms with Crippen LogP contribution in [0.1, 0.15) is 23.7 Å². The van der Waals surface area contributed by atoms with Crippen LogP contribution in [0.25, 0.3) is 0 Å². The predicted octanol–water partition coefficient (Wildman–Crippen LogP) is 3.15. The summed E-state index contributed by atoms with van der Waals surface area (Å²) in [5.74, 6) is 0. The maximum absolute atomic E-state index is 5.71. The first-order valence-electron chi connectivity index (χ1n) is 6.03. The van der Waals surface area contributed by atoms with Crippen molar-refractivity contribution in [1.82, 2.24) is 4.98 Å². The van der Waals surface area contributed by atoms with Crippen LogP contribution in [0.2, 0.25) is 0 Å². The smallest absolute Gasteiger partial charge is 0.109 e. The van der Waals surface area contributed by atoms with Crippen molar-refractivity contribution in [2.75, 3.05) is 0 Å². The summed E-state index contributed by atoms with van der Waals surface area (Å²) in [5.41, 5.74) is 2.63. The largest absolute Gasteiger partial charge is 0.364 e. The van der Waals surface area contributed by atoms with Gasteiger partial charge in [0.1, 0.15) is 6.10 Å². The van der Waals surface area contributed by atoms with E-state index in [1.807, 2.05) is 18.5 Å². The molecular weight excluding hydrogens is 210 g/mol. The van der Waals surface area contributed by atoms with Crippen LogP contribution in [-0.2, 0) is 11.2 Å². The molecule has 0 amide bonds. The Kier molecular flexibility index (Phi) is 2.88. The second kappa shape index (κ2) is 4.68. The summed E-state index contributed by atoms with van der Waals surface area (Å²) in [6, 6.07) is 14.6. The SMILES string of the molecule is c1ccc(C2OC2CCc2ccncc2)cc1. The third kappa shape index (κ3) is 2.53. The van der Waals surface area contributed by atoms with Crippen molar-refractivity contribution < 1.29 is 4.74 Å². The van der Waals surface area contributed by atoms with E-state index in [9.17, 15) is 0 Å². The summed E-state index contributed by atoms with van der Waals surface area (Å²) >= 11 is 0. The Morgan fingerprint density at radius 1 is 1.00 bits per heavy atom. The highest BCUT2D eigenvalue weighted by molar-refractivity contribution is 5.22. The van der Waals surface area contributed by atoms with E-state index >= 15 is 0 Å². The number of epoxide rings is 1. The molecule has 1 aromatic carbocycles. The highest BCUT2D eigenvalue weighted by Crippen LogP contribution is 2.41. The molecule has 1 aliphatic heterocycles. The van der Waals surface area contributed by atoms with Gasteiger partial charge in [-0.2, -0.15) is 0 Å². The van der Waals surface area contributed by atoms with E-state index in [1.165, 1.54) is 11.1 Å². The van der Waals surface area contributed by atoms with E-state index in [1.54, 1.807) is 0 Å². The minimum Gasteiger partial charge on any atom is -0.364 e. The van der Waals surface area contributed by atoms with Gasteiger partial charge in [0, 0.05) is 12.4 Å². The summed E-state index contributed by atoms with van der Waals surface area (Å²) in [4.78, 5) is 4.02. The zero-order valence-electron chi connectivity index (χ0n) is 9.62. The Balaban J connectivity index is 1.53. The van der Waals surface area contributed by atoms with Crippen molar-refractivity contribution in [2.45, 2.75) is 25.0 Å². The third-order valence-electron chi connectivity index (χ3n) is 3.18. The molecule has 17 heavy (non-hydrogen) atoms. The van der Waals surface area contributed by atoms with Gasteiger partial charge in [0.25, 0.3) is 0 Å². The fourth-order valence-corrected chi connectivity index (χ4v) is 2.16. The molecule has 2 nitrogen and oxygen atoms in total. The topological polar surface area (TPSA) is 25.4 Å². The summed E-state index contributed by atoms with van der Waals surface area (Å²) in [7, 11) is 0. The van der Waals surface area contributed by atoms with Gasteiger partial charge in [0.2, 0.25) is 0 Å². The standard InChI is InChI=1S/C15H15NO/c1-2-4-13(5-3-1)15-14(17-15)7-6-12-8-10-16-11-9-12/h1-5,8-11,14-15H,6-7H2. The van der Waals surface area contributed by atoms with Crippen molar-refractivity contribution in [2.24, 2.45) is 0 Å². The summed E-state index contributed by atoms with van der Waals surface area (Å²) in [6.07, 6.45) is 6.55. The van der Waals surface area contributed by atoms with Gasteiger partial charge in [-0.15, -0.1) is 0 Å². The first-order chi connectivity index (χ1) is 8.43. The van der Waals surface area contributed by atoms with Crippen molar-refractivity contribution in [3.63, 3.8) is 0 Å². The fraction of sp³-hybridized carbons (Fsp3) is 0.267. The highest BCUT2D eigenvalue weighted by Gasteiger charge is 2.39. The Bertz CT molecular complexity index is 469. The molecule has 2 heteroatoms. The van der Waals surface area contributed by atoms with Crippen molar-refractivity contribution in [1.29, 1.82) is 0 Å². The number of rotatable bonds is 4. The van der Waals surface area contributed by atoms with Crippen molar-refractivity contribution in [3.05, 3.63) is 66.0 Å². The number of pyridine rings is 1. The molecule has 0 saturated carbocycles. The average molecular weight is 225 g/mol. The lowest BCUT2D eigenvalue weighted by atomic mass is 10.0. The van der Waals surface area contributed by atoms with Crippen LogP contribution >= 0.6 is 0 Å². The van der Waals surface area contributed by atoms with E-state index < -0.39 is 0 Å². The summed E-state index contributed by atoms with van der Waals surface area (Å²) < 4.78 is 5.71. The molecule has 3 rings (SSSR count). The Hall–Kier alpha value is -1.67. The van der Waals surface area contributed by atoms with Crippen LogP contribution in [0.15, 0.2) is 54.9 Å². The van der Waals surface area contributed by atoms with Crippen LogP contribution in [0, 0.1) is 0 Å². The Labute approximate surface area is 101 Å². The van der Waals surface area contributed by atoms with Crippen molar-refractivity contribution in [3.8, 4) is 0 Å². The first kappa shape index (κ1) is 10.5. The molecule has 0 aliphatic carbocycles. The number of hydrogen-bond donors (Lipinski definition) is 0. The lowest BCUT2D eigenvalue weighted by Crippen LogP contribution is -1.93. The van der Waals surface area contributed by atoms with Crippen LogP contribution in [0.5, 0.6) is 0 Å². The molecule has 1 aromatic heterocycles. The average Bonchev–Trinajstić information content (AvgIpc) is 3.18. The molecule has 2 unspecified atom stereocenters. The predicted molar refractivity (Wildman–Crippen MR) is 66.6 cm³/mol. The van der Waals surface area contributed by atoms with E-state index in [0.29, 0.717) is 12.2 Å². The maximum Gasteiger partial charge on any atom is 0.109 e. The summed E-state index contributed by atoms with van der Waals surface area (Å²) in [5, 5.41) is 0. The first-order valence-corrected chi connectivity index (χ1v) is 6.03. The number of ether oxygens (including phenoxy) is 1. The van der Waals surface area contributed by atoms with Crippen LogP contribution < -0.4 is 0 Å². The van der Waals surface area contributed by atoms with Gasteiger partial charge >= 0.3 is 0 Å². The number of aromatic nitrogens is 1. The number of benzene rings is 1. The molecule has 2 aromatic rings. The van der Waals surface area contributed by atoms with Gasteiger partial charge in [-0.05, 0) is 36.1 Å². The molecule has 0 N–H and O–H groups in total. The van der Waals surface area contributed by atoms with Gasteiger partial charge in [-0.25, -0.2) is 0 Å². The molecule has 1 fully saturated rings. The summed E-state index contributed by atoms with van der Waals surface area (Å²) in [6.45, 7) is 0. The Morgan fingerprint density at radius 3 is 2.53 bits per heavy atom. The molecule has 2 heterocycles. The molecule has 2 atom stereocenters. The van der Waals surface area contributed by atoms with Gasteiger partial charge in [-0.3, -0.25) is 4.98 Å². The number of aryl methyl sites for hydroxylation is 1. The lowest BCUT2D eigenvalue weighted by Gasteiger charge is -1.98. The molecule has 0 radical (unpaired) electrons. The van der Waals surface area contributed by atoms with Crippen LogP contribution in [-0.4, -0.2) is 11.1 Å². The van der Waals surface area contributed by atoms with E-state index in [0.717, 1.165) is 12.8 Å². The maximum atomic E-state index is 5.71. The molecule has 1 saturated heterocycles. The van der Waals surface area contributed by atoms with Crippen LogP contribution in [0.4, 0.5) is 0 Å².